The molecule has 1 atom stereocenters. The van der Waals surface area contributed by atoms with E-state index < -0.39 is 0 Å². The number of nitrogens with zero attached hydrogens (tertiary/aromatic N) is 2. The summed E-state index contributed by atoms with van der Waals surface area (Å²) in [4.78, 5) is 4.87. The zero-order chi connectivity index (χ0) is 37.4. The van der Waals surface area contributed by atoms with E-state index >= 15 is 0 Å². The van der Waals surface area contributed by atoms with Crippen LogP contribution in [0, 0.1) is 5.41 Å². The van der Waals surface area contributed by atoms with Crippen molar-refractivity contribution in [3.8, 4) is 11.1 Å². The highest BCUT2D eigenvalue weighted by Crippen LogP contribution is 2.57. The average Bonchev–Trinajstić information content (AvgIpc) is 3.33. The van der Waals surface area contributed by atoms with Gasteiger partial charge in [0.05, 0.1) is 0 Å². The van der Waals surface area contributed by atoms with E-state index in [-0.39, 0.29) is 10.8 Å². The zero-order valence-electron chi connectivity index (χ0n) is 32.6. The van der Waals surface area contributed by atoms with Gasteiger partial charge in [-0.25, -0.2) is 0 Å². The molecule has 2 aliphatic carbocycles. The highest BCUT2D eigenvalue weighted by atomic mass is 15.1. The minimum Gasteiger partial charge on any atom is -0.311 e. The summed E-state index contributed by atoms with van der Waals surface area (Å²) in [6.07, 6.45) is 24.1. The van der Waals surface area contributed by atoms with Gasteiger partial charge in [-0.1, -0.05) is 144 Å². The summed E-state index contributed by atoms with van der Waals surface area (Å²) in [6.45, 7) is 10.9. The van der Waals surface area contributed by atoms with Crippen LogP contribution in [0.2, 0.25) is 0 Å². The SMILES string of the molecule is C=CCCCCC1(CCCCCC)c2cc(N(C3=CC=CC(C)(C)C=C3)c3ccccc3)ccc2-c2ccc(N(c3ccccc3)c3ccccc3)cc21. The van der Waals surface area contributed by atoms with Gasteiger partial charge >= 0.3 is 0 Å². The molecule has 0 radical (unpaired) electrons. The third kappa shape index (κ3) is 7.80. The monoisotopic (exact) mass is 708 g/mol. The fourth-order valence-electron chi connectivity index (χ4n) is 8.56. The molecule has 0 aromatic heterocycles. The Morgan fingerprint density at radius 2 is 1.07 bits per heavy atom. The van der Waals surface area contributed by atoms with Gasteiger partial charge in [-0.15, -0.1) is 6.58 Å². The molecule has 0 fully saturated rings. The fourth-order valence-corrected chi connectivity index (χ4v) is 8.56. The van der Waals surface area contributed by atoms with Crippen molar-refractivity contribution < 1.29 is 0 Å². The number of hydrogen-bond donors (Lipinski definition) is 0. The van der Waals surface area contributed by atoms with Crippen LogP contribution in [0.25, 0.3) is 11.1 Å². The summed E-state index contributed by atoms with van der Waals surface area (Å²) < 4.78 is 0. The first-order chi connectivity index (χ1) is 26.4. The molecule has 0 bridgehead atoms. The second-order valence-corrected chi connectivity index (χ2v) is 15.7. The smallest absolute Gasteiger partial charge is 0.0465 e. The van der Waals surface area contributed by atoms with Gasteiger partial charge in [0.1, 0.15) is 0 Å². The van der Waals surface area contributed by atoms with Crippen molar-refractivity contribution in [3.63, 3.8) is 0 Å². The van der Waals surface area contributed by atoms with Crippen LogP contribution in [0.4, 0.5) is 28.4 Å². The van der Waals surface area contributed by atoms with Crippen molar-refractivity contribution in [2.24, 2.45) is 5.41 Å². The van der Waals surface area contributed by atoms with Gasteiger partial charge in [-0.2, -0.15) is 0 Å². The predicted molar refractivity (Wildman–Crippen MR) is 233 cm³/mol. The summed E-state index contributed by atoms with van der Waals surface area (Å²) >= 11 is 0. The lowest BCUT2D eigenvalue weighted by Gasteiger charge is -2.35. The Morgan fingerprint density at radius 1 is 0.556 bits per heavy atom. The highest BCUT2D eigenvalue weighted by Gasteiger charge is 2.43. The molecule has 2 nitrogen and oxygen atoms in total. The lowest BCUT2D eigenvalue weighted by molar-refractivity contribution is 0.405. The second-order valence-electron chi connectivity index (χ2n) is 15.7. The van der Waals surface area contributed by atoms with Crippen LogP contribution in [-0.2, 0) is 5.41 Å². The molecule has 0 heterocycles. The van der Waals surface area contributed by atoms with Gasteiger partial charge in [0.25, 0.3) is 0 Å². The maximum absolute atomic E-state index is 4.07. The van der Waals surface area contributed by atoms with Crippen LogP contribution in [0.15, 0.2) is 176 Å². The molecule has 0 amide bonds. The number of allylic oxidation sites excluding steroid dienone is 6. The van der Waals surface area contributed by atoms with E-state index in [2.05, 4.69) is 201 Å². The van der Waals surface area contributed by atoms with Crippen molar-refractivity contribution in [3.05, 3.63) is 187 Å². The highest BCUT2D eigenvalue weighted by molar-refractivity contribution is 5.88. The van der Waals surface area contributed by atoms with E-state index in [1.807, 2.05) is 0 Å². The molecular formula is C52H56N2. The van der Waals surface area contributed by atoms with E-state index in [1.54, 1.807) is 0 Å². The van der Waals surface area contributed by atoms with E-state index in [0.717, 1.165) is 32.1 Å². The van der Waals surface area contributed by atoms with Crippen molar-refractivity contribution in [1.29, 1.82) is 0 Å². The second kappa shape index (κ2) is 16.8. The molecular weight excluding hydrogens is 653 g/mol. The normalized spacial score (nSPS) is 16.6. The molecule has 5 aromatic rings. The van der Waals surface area contributed by atoms with Gasteiger partial charge in [0.2, 0.25) is 0 Å². The molecule has 0 saturated carbocycles. The van der Waals surface area contributed by atoms with Gasteiger partial charge in [0, 0.05) is 45.0 Å². The van der Waals surface area contributed by atoms with Crippen molar-refractivity contribution in [1.82, 2.24) is 0 Å². The molecule has 0 N–H and O–H groups in total. The van der Waals surface area contributed by atoms with Crippen LogP contribution >= 0.6 is 0 Å². The van der Waals surface area contributed by atoms with Crippen LogP contribution < -0.4 is 9.80 Å². The molecule has 0 aliphatic heterocycles. The standard InChI is InChI=1S/C52H56N2/c1-5-7-9-20-36-52(37-21-10-8-6-2)49-39-45(53(41-23-14-11-15-24-41)42-25-16-12-17-26-42)30-32-47(49)48-33-31-46(40-50(48)52)54(43-27-18-13-19-28-43)44-29-22-35-51(3,4)38-34-44/h5,11-19,22-35,38-40H,1,6-10,20-21,36-37H2,2-4H3. The van der Waals surface area contributed by atoms with Crippen molar-refractivity contribution in [2.75, 3.05) is 9.80 Å². The van der Waals surface area contributed by atoms with Gasteiger partial charge in [-0.05, 0) is 121 Å². The van der Waals surface area contributed by atoms with E-state index in [0.29, 0.717) is 0 Å². The lowest BCUT2D eigenvalue weighted by Crippen LogP contribution is -2.26. The maximum atomic E-state index is 4.07. The fraction of sp³-hybridized carbons (Fsp3) is 0.269. The molecule has 7 rings (SSSR count). The first-order valence-corrected chi connectivity index (χ1v) is 20.2. The molecule has 1 unspecified atom stereocenters. The van der Waals surface area contributed by atoms with Gasteiger partial charge in [-0.3, -0.25) is 0 Å². The Bertz CT molecular complexity index is 2070. The Morgan fingerprint density at radius 3 is 1.61 bits per heavy atom. The minimum absolute atomic E-state index is 0.00957. The zero-order valence-corrected chi connectivity index (χ0v) is 32.6. The molecule has 5 aromatic carbocycles. The van der Waals surface area contributed by atoms with Crippen molar-refractivity contribution in [2.45, 2.75) is 84.0 Å². The Labute approximate surface area is 324 Å². The number of rotatable bonds is 16. The number of hydrogen-bond acceptors (Lipinski definition) is 2. The Hall–Kier alpha value is -5.34. The molecule has 274 valence electrons. The summed E-state index contributed by atoms with van der Waals surface area (Å²) in [5.74, 6) is 0. The minimum atomic E-state index is -0.109. The molecule has 0 spiro atoms. The predicted octanol–water partition coefficient (Wildman–Crippen LogP) is 15.3. The van der Waals surface area contributed by atoms with Crippen LogP contribution in [-0.4, -0.2) is 0 Å². The summed E-state index contributed by atoms with van der Waals surface area (Å²) in [7, 11) is 0. The molecule has 0 saturated heterocycles. The van der Waals surface area contributed by atoms with Crippen molar-refractivity contribution >= 4 is 28.4 Å². The van der Waals surface area contributed by atoms with E-state index in [1.165, 1.54) is 82.1 Å². The number of anilines is 5. The van der Waals surface area contributed by atoms with Crippen LogP contribution in [0.1, 0.15) is 89.7 Å². The lowest BCUT2D eigenvalue weighted by atomic mass is 9.70. The van der Waals surface area contributed by atoms with Crippen LogP contribution in [0.3, 0.4) is 0 Å². The topological polar surface area (TPSA) is 6.48 Å². The molecule has 2 aliphatic rings. The quantitative estimate of drug-likeness (QED) is 0.0744. The Kier molecular flexibility index (Phi) is 11.5. The van der Waals surface area contributed by atoms with Gasteiger partial charge in [0.15, 0.2) is 0 Å². The number of para-hydroxylation sites is 3. The number of fused-ring (bicyclic) bond motifs is 3. The third-order valence-corrected chi connectivity index (χ3v) is 11.3. The largest absolute Gasteiger partial charge is 0.311 e. The molecule has 2 heteroatoms. The average molecular weight is 709 g/mol. The van der Waals surface area contributed by atoms with Gasteiger partial charge < -0.3 is 9.80 Å². The first-order valence-electron chi connectivity index (χ1n) is 20.2. The maximum Gasteiger partial charge on any atom is 0.0465 e. The molecule has 54 heavy (non-hydrogen) atoms. The van der Waals surface area contributed by atoms with E-state index in [9.17, 15) is 0 Å². The summed E-state index contributed by atoms with van der Waals surface area (Å²) in [5.41, 5.74) is 12.7. The summed E-state index contributed by atoms with van der Waals surface area (Å²) in [5, 5.41) is 0. The van der Waals surface area contributed by atoms with Crippen LogP contribution in [0.5, 0.6) is 0 Å². The Balaban J connectivity index is 1.42. The number of benzene rings is 5. The number of unbranched alkanes of at least 4 members (excludes halogenated alkanes) is 5. The summed E-state index contributed by atoms with van der Waals surface area (Å²) in [6, 6.07) is 47.1. The first kappa shape index (κ1) is 37.0. The van der Waals surface area contributed by atoms with E-state index in [4.69, 9.17) is 0 Å². The third-order valence-electron chi connectivity index (χ3n) is 11.3.